The summed E-state index contributed by atoms with van der Waals surface area (Å²) in [5, 5.41) is 0. The molecule has 0 radical (unpaired) electrons. The number of nitrogens with zero attached hydrogens (tertiary/aromatic N) is 1. The third kappa shape index (κ3) is 3.74. The van der Waals surface area contributed by atoms with E-state index in [-0.39, 0.29) is 11.7 Å². The fraction of sp³-hybridized carbons (Fsp3) is 0.500. The number of amides is 1. The fourth-order valence-electron chi connectivity index (χ4n) is 3.46. The van der Waals surface area contributed by atoms with E-state index in [0.717, 1.165) is 32.1 Å². The molecule has 3 nitrogen and oxygen atoms in total. The Hall–Kier alpha value is -1.68. The standard InChI is InChI=1S/C18H23FN2O/c19-17-8-6-16(7-9-17)18(22)21-12-10-20(11-13-21)14-15-4-2-1-3-5-15/h1-2,6-9,15H,3-5,10-14H2/p+1/t15-/m1/s1. The van der Waals surface area contributed by atoms with Crippen molar-refractivity contribution in [2.24, 2.45) is 5.92 Å². The Labute approximate surface area is 131 Å². The lowest BCUT2D eigenvalue weighted by molar-refractivity contribution is -0.907. The molecule has 0 unspecified atom stereocenters. The molecule has 1 aromatic carbocycles. The molecule has 1 N–H and O–H groups in total. The van der Waals surface area contributed by atoms with Crippen molar-refractivity contribution in [3.8, 4) is 0 Å². The molecule has 1 aromatic rings. The van der Waals surface area contributed by atoms with Crippen LogP contribution in [-0.2, 0) is 0 Å². The highest BCUT2D eigenvalue weighted by Crippen LogP contribution is 2.16. The van der Waals surface area contributed by atoms with Gasteiger partial charge in [-0.15, -0.1) is 0 Å². The third-order valence-electron chi connectivity index (χ3n) is 4.80. The van der Waals surface area contributed by atoms with Gasteiger partial charge in [-0.3, -0.25) is 4.79 Å². The summed E-state index contributed by atoms with van der Waals surface area (Å²) in [6.07, 6.45) is 8.32. The SMILES string of the molecule is O=C(c1ccc(F)cc1)N1CC[NH+](C[C@@H]2CC=CCC2)CC1. The predicted octanol–water partition coefficient (Wildman–Crippen LogP) is 1.52. The predicted molar refractivity (Wildman–Crippen MR) is 84.3 cm³/mol. The van der Waals surface area contributed by atoms with Crippen molar-refractivity contribution >= 4 is 5.91 Å². The van der Waals surface area contributed by atoms with Gasteiger partial charge in [0.1, 0.15) is 5.82 Å². The summed E-state index contributed by atoms with van der Waals surface area (Å²) in [4.78, 5) is 15.9. The lowest BCUT2D eigenvalue weighted by Gasteiger charge is -2.34. The maximum absolute atomic E-state index is 12.9. The summed E-state index contributed by atoms with van der Waals surface area (Å²) in [6.45, 7) is 4.87. The van der Waals surface area contributed by atoms with Crippen LogP contribution in [0.4, 0.5) is 4.39 Å². The molecule has 4 heteroatoms. The summed E-state index contributed by atoms with van der Waals surface area (Å²) in [5.41, 5.74) is 0.585. The molecule has 0 bridgehead atoms. The van der Waals surface area contributed by atoms with Gasteiger partial charge in [-0.25, -0.2) is 4.39 Å². The van der Waals surface area contributed by atoms with Gasteiger partial charge in [0.2, 0.25) is 0 Å². The Balaban J connectivity index is 1.49. The molecule has 0 spiro atoms. The number of hydrogen-bond acceptors (Lipinski definition) is 1. The molecule has 1 amide bonds. The van der Waals surface area contributed by atoms with Crippen LogP contribution in [0.1, 0.15) is 29.6 Å². The highest BCUT2D eigenvalue weighted by Gasteiger charge is 2.26. The second-order valence-corrected chi connectivity index (χ2v) is 6.40. The Kier molecular flexibility index (Phi) is 4.88. The molecule has 0 aromatic heterocycles. The average molecular weight is 303 g/mol. The molecule has 2 aliphatic rings. The Morgan fingerprint density at radius 1 is 1.18 bits per heavy atom. The first-order chi connectivity index (χ1) is 10.7. The quantitative estimate of drug-likeness (QED) is 0.842. The summed E-state index contributed by atoms with van der Waals surface area (Å²) >= 11 is 0. The van der Waals surface area contributed by atoms with Gasteiger partial charge in [0.05, 0.1) is 32.7 Å². The first-order valence-corrected chi connectivity index (χ1v) is 8.26. The molecule has 1 aliphatic heterocycles. The zero-order valence-electron chi connectivity index (χ0n) is 12.9. The Morgan fingerprint density at radius 2 is 1.91 bits per heavy atom. The molecule has 1 heterocycles. The third-order valence-corrected chi connectivity index (χ3v) is 4.80. The van der Waals surface area contributed by atoms with Crippen LogP contribution in [0.25, 0.3) is 0 Å². The van der Waals surface area contributed by atoms with E-state index >= 15 is 0 Å². The molecule has 1 atom stereocenters. The number of benzene rings is 1. The minimum atomic E-state index is -0.299. The van der Waals surface area contributed by atoms with Crippen LogP contribution in [0.3, 0.4) is 0 Å². The lowest BCUT2D eigenvalue weighted by atomic mass is 9.94. The number of allylic oxidation sites excluding steroid dienone is 2. The highest BCUT2D eigenvalue weighted by atomic mass is 19.1. The van der Waals surface area contributed by atoms with Crippen molar-refractivity contribution in [1.29, 1.82) is 0 Å². The number of rotatable bonds is 3. The van der Waals surface area contributed by atoms with Gasteiger partial charge >= 0.3 is 0 Å². The highest BCUT2D eigenvalue weighted by molar-refractivity contribution is 5.94. The molecule has 1 saturated heterocycles. The lowest BCUT2D eigenvalue weighted by Crippen LogP contribution is -3.15. The van der Waals surface area contributed by atoms with Crippen LogP contribution in [0.15, 0.2) is 36.4 Å². The number of quaternary nitrogens is 1. The van der Waals surface area contributed by atoms with E-state index in [0.29, 0.717) is 5.56 Å². The van der Waals surface area contributed by atoms with Crippen molar-refractivity contribution < 1.29 is 14.1 Å². The van der Waals surface area contributed by atoms with E-state index in [1.165, 1.54) is 37.9 Å². The van der Waals surface area contributed by atoms with E-state index in [1.54, 1.807) is 17.0 Å². The fourth-order valence-corrected chi connectivity index (χ4v) is 3.46. The van der Waals surface area contributed by atoms with E-state index in [2.05, 4.69) is 12.2 Å². The van der Waals surface area contributed by atoms with Crippen LogP contribution in [-0.4, -0.2) is 43.5 Å². The maximum Gasteiger partial charge on any atom is 0.254 e. The first-order valence-electron chi connectivity index (χ1n) is 8.26. The average Bonchev–Trinajstić information content (AvgIpc) is 2.57. The van der Waals surface area contributed by atoms with Crippen molar-refractivity contribution in [3.05, 3.63) is 47.8 Å². The Morgan fingerprint density at radius 3 is 2.55 bits per heavy atom. The normalized spacial score (nSPS) is 22.8. The molecule has 0 saturated carbocycles. The summed E-state index contributed by atoms with van der Waals surface area (Å²) < 4.78 is 12.9. The van der Waals surface area contributed by atoms with Gasteiger partial charge in [-0.05, 0) is 43.5 Å². The monoisotopic (exact) mass is 303 g/mol. The smallest absolute Gasteiger partial charge is 0.254 e. The van der Waals surface area contributed by atoms with Crippen LogP contribution in [0.2, 0.25) is 0 Å². The summed E-state index contributed by atoms with van der Waals surface area (Å²) in [5.74, 6) is 0.534. The first kappa shape index (κ1) is 15.2. The zero-order chi connectivity index (χ0) is 15.4. The van der Waals surface area contributed by atoms with Crippen molar-refractivity contribution in [2.45, 2.75) is 19.3 Å². The molecule has 1 fully saturated rings. The zero-order valence-corrected chi connectivity index (χ0v) is 12.9. The topological polar surface area (TPSA) is 24.8 Å². The number of hydrogen-bond donors (Lipinski definition) is 1. The van der Waals surface area contributed by atoms with E-state index in [9.17, 15) is 9.18 Å². The van der Waals surface area contributed by atoms with Crippen LogP contribution < -0.4 is 4.90 Å². The van der Waals surface area contributed by atoms with Crippen LogP contribution >= 0.6 is 0 Å². The maximum atomic E-state index is 12.9. The van der Waals surface area contributed by atoms with Crippen molar-refractivity contribution in [2.75, 3.05) is 32.7 Å². The van der Waals surface area contributed by atoms with Crippen LogP contribution in [0.5, 0.6) is 0 Å². The largest absolute Gasteiger partial charge is 0.332 e. The summed E-state index contributed by atoms with van der Waals surface area (Å²) in [7, 11) is 0. The van der Waals surface area contributed by atoms with Gasteiger partial charge < -0.3 is 9.80 Å². The number of halogens is 1. The number of carbonyl (C=O) groups is 1. The van der Waals surface area contributed by atoms with Crippen LogP contribution in [0, 0.1) is 11.7 Å². The van der Waals surface area contributed by atoms with Gasteiger partial charge in [0, 0.05) is 11.5 Å². The molecule has 3 rings (SSSR count). The number of piperazine rings is 1. The molecule has 118 valence electrons. The molecular weight excluding hydrogens is 279 g/mol. The summed E-state index contributed by atoms with van der Waals surface area (Å²) in [6, 6.07) is 5.85. The van der Waals surface area contributed by atoms with Gasteiger partial charge in [0.25, 0.3) is 5.91 Å². The molecule has 22 heavy (non-hydrogen) atoms. The second kappa shape index (κ2) is 7.05. The van der Waals surface area contributed by atoms with E-state index in [4.69, 9.17) is 0 Å². The van der Waals surface area contributed by atoms with Gasteiger partial charge in [-0.2, -0.15) is 0 Å². The number of carbonyl (C=O) groups excluding carboxylic acids is 1. The van der Waals surface area contributed by atoms with Crippen molar-refractivity contribution in [3.63, 3.8) is 0 Å². The molecule has 1 aliphatic carbocycles. The van der Waals surface area contributed by atoms with E-state index in [1.807, 2.05) is 4.90 Å². The van der Waals surface area contributed by atoms with Gasteiger partial charge in [-0.1, -0.05) is 12.2 Å². The second-order valence-electron chi connectivity index (χ2n) is 6.40. The van der Waals surface area contributed by atoms with Crippen molar-refractivity contribution in [1.82, 2.24) is 4.90 Å². The van der Waals surface area contributed by atoms with Gasteiger partial charge in [0.15, 0.2) is 0 Å². The molecular formula is C18H24FN2O+. The minimum Gasteiger partial charge on any atom is -0.332 e. The van der Waals surface area contributed by atoms with E-state index < -0.39 is 0 Å². The minimum absolute atomic E-state index is 0.0275. The Bertz CT molecular complexity index is 533. The number of nitrogens with one attached hydrogen (secondary N) is 1.